The van der Waals surface area contributed by atoms with Crippen LogP contribution in [0.3, 0.4) is 0 Å². The van der Waals surface area contributed by atoms with Crippen molar-refractivity contribution in [1.29, 1.82) is 0 Å². The number of aryl methyl sites for hydroxylation is 1. The maximum absolute atomic E-state index is 12.3. The Balaban J connectivity index is 2.05. The summed E-state index contributed by atoms with van der Waals surface area (Å²) >= 11 is 3.55. The Kier molecular flexibility index (Phi) is 4.98. The highest BCUT2D eigenvalue weighted by Crippen LogP contribution is 2.39. The number of hydrogen-bond donors (Lipinski definition) is 1. The number of halogens is 1. The minimum absolute atomic E-state index is 0.0109. The molecule has 114 valence electrons. The first kappa shape index (κ1) is 15.9. The summed E-state index contributed by atoms with van der Waals surface area (Å²) in [5, 5.41) is 14.6. The van der Waals surface area contributed by atoms with Crippen molar-refractivity contribution in [3.05, 3.63) is 39.4 Å². The summed E-state index contributed by atoms with van der Waals surface area (Å²) in [6.45, 7) is 2.37. The lowest BCUT2D eigenvalue weighted by Crippen LogP contribution is -2.37. The van der Waals surface area contributed by atoms with Crippen LogP contribution in [-0.2, 0) is 0 Å². The number of amides is 1. The Labute approximate surface area is 132 Å². The lowest BCUT2D eigenvalue weighted by molar-refractivity contribution is -0.384. The topological polar surface area (TPSA) is 72.2 Å². The first-order valence-corrected chi connectivity index (χ1v) is 8.19. The molecule has 0 saturated heterocycles. The highest BCUT2D eigenvalue weighted by Gasteiger charge is 2.33. The number of nitrogens with zero attached hydrogens (tertiary/aromatic N) is 1. The van der Waals surface area contributed by atoms with Crippen molar-refractivity contribution < 1.29 is 9.72 Å². The Morgan fingerprint density at radius 3 is 2.62 bits per heavy atom. The fourth-order valence-electron chi connectivity index (χ4n) is 2.86. The molecule has 21 heavy (non-hydrogen) atoms. The fourth-order valence-corrected chi connectivity index (χ4v) is 3.62. The number of carbonyl (C=O) groups excluding carboxylic acids is 1. The van der Waals surface area contributed by atoms with Gasteiger partial charge in [0.1, 0.15) is 0 Å². The van der Waals surface area contributed by atoms with Gasteiger partial charge < -0.3 is 5.32 Å². The number of nitrogens with one attached hydrogen (secondary N) is 1. The molecule has 0 heterocycles. The molecule has 1 N–H and O–H groups in total. The highest BCUT2D eigenvalue weighted by atomic mass is 79.9. The summed E-state index contributed by atoms with van der Waals surface area (Å²) in [5.74, 6) is -0.158. The van der Waals surface area contributed by atoms with Gasteiger partial charge in [0.2, 0.25) is 0 Å². The van der Waals surface area contributed by atoms with E-state index in [4.69, 9.17) is 0 Å². The fraction of sp³-hybridized carbons (Fsp3) is 0.533. The van der Waals surface area contributed by atoms with Crippen LogP contribution in [0.2, 0.25) is 0 Å². The number of alkyl halides is 1. The lowest BCUT2D eigenvalue weighted by Gasteiger charge is -2.26. The number of carbonyl (C=O) groups is 1. The number of benzene rings is 1. The first-order valence-electron chi connectivity index (χ1n) is 7.07. The molecule has 1 aliphatic rings. The van der Waals surface area contributed by atoms with Gasteiger partial charge in [-0.3, -0.25) is 14.9 Å². The van der Waals surface area contributed by atoms with Crippen LogP contribution in [0.4, 0.5) is 5.69 Å². The molecule has 0 aliphatic heterocycles. The molecule has 5 nitrogen and oxygen atoms in total. The minimum Gasteiger partial charge on any atom is -0.351 e. The van der Waals surface area contributed by atoms with E-state index in [0.29, 0.717) is 17.7 Å². The summed E-state index contributed by atoms with van der Waals surface area (Å²) in [6.07, 6.45) is 4.66. The Morgan fingerprint density at radius 2 is 2.10 bits per heavy atom. The van der Waals surface area contributed by atoms with Crippen LogP contribution >= 0.6 is 15.9 Å². The second kappa shape index (κ2) is 6.56. The number of rotatable bonds is 5. The maximum atomic E-state index is 12.3. The number of hydrogen-bond acceptors (Lipinski definition) is 3. The van der Waals surface area contributed by atoms with E-state index >= 15 is 0 Å². The molecule has 6 heteroatoms. The summed E-state index contributed by atoms with van der Waals surface area (Å²) in [7, 11) is 0. The summed E-state index contributed by atoms with van der Waals surface area (Å²) < 4.78 is 0. The van der Waals surface area contributed by atoms with Crippen LogP contribution in [0, 0.1) is 22.5 Å². The number of nitro benzene ring substituents is 1. The summed E-state index contributed by atoms with van der Waals surface area (Å²) in [5.41, 5.74) is 1.30. The van der Waals surface area contributed by atoms with Crippen molar-refractivity contribution in [2.75, 3.05) is 11.9 Å². The number of non-ortho nitro benzene ring substituents is 1. The zero-order chi connectivity index (χ0) is 15.5. The third kappa shape index (κ3) is 3.61. The van der Waals surface area contributed by atoms with Gasteiger partial charge in [-0.15, -0.1) is 0 Å². The van der Waals surface area contributed by atoms with Crippen molar-refractivity contribution in [3.8, 4) is 0 Å². The van der Waals surface area contributed by atoms with Gasteiger partial charge in [-0.2, -0.15) is 0 Å². The molecule has 0 bridgehead atoms. The van der Waals surface area contributed by atoms with E-state index in [2.05, 4.69) is 21.2 Å². The van der Waals surface area contributed by atoms with Crippen LogP contribution < -0.4 is 5.32 Å². The third-order valence-electron chi connectivity index (χ3n) is 4.24. The van der Waals surface area contributed by atoms with E-state index < -0.39 is 4.92 Å². The maximum Gasteiger partial charge on any atom is 0.269 e. The van der Waals surface area contributed by atoms with Crippen LogP contribution in [0.5, 0.6) is 0 Å². The van der Waals surface area contributed by atoms with Crippen molar-refractivity contribution >= 4 is 27.5 Å². The average Bonchev–Trinajstić information content (AvgIpc) is 2.94. The molecule has 1 aliphatic carbocycles. The Bertz CT molecular complexity index is 554. The largest absolute Gasteiger partial charge is 0.351 e. The molecule has 1 amide bonds. The SMILES string of the molecule is Cc1cc([N+](=O)[O-])ccc1C(=O)NCC1(CBr)CCCC1. The standard InChI is InChI=1S/C15H19BrN2O3/c1-11-8-12(18(20)21)4-5-13(11)14(19)17-10-15(9-16)6-2-3-7-15/h4-5,8H,2-3,6-7,9-10H2,1H3,(H,17,19). The Morgan fingerprint density at radius 1 is 1.43 bits per heavy atom. The van der Waals surface area contributed by atoms with E-state index in [1.807, 2.05) is 0 Å². The lowest BCUT2D eigenvalue weighted by atomic mass is 9.88. The van der Waals surface area contributed by atoms with Crippen LogP contribution in [0.25, 0.3) is 0 Å². The first-order chi connectivity index (χ1) is 9.97. The predicted molar refractivity (Wildman–Crippen MR) is 84.9 cm³/mol. The molecule has 2 rings (SSSR count). The van der Waals surface area contributed by atoms with E-state index in [1.165, 1.54) is 31.0 Å². The van der Waals surface area contributed by atoms with Crippen LogP contribution in [0.1, 0.15) is 41.6 Å². The van der Waals surface area contributed by atoms with E-state index in [-0.39, 0.29) is 17.0 Å². The van der Waals surface area contributed by atoms with Crippen molar-refractivity contribution in [2.24, 2.45) is 5.41 Å². The second-order valence-corrected chi connectivity index (χ2v) is 6.34. The van der Waals surface area contributed by atoms with Gasteiger partial charge in [0.25, 0.3) is 11.6 Å². The monoisotopic (exact) mass is 354 g/mol. The highest BCUT2D eigenvalue weighted by molar-refractivity contribution is 9.09. The van der Waals surface area contributed by atoms with E-state index in [1.54, 1.807) is 6.92 Å². The minimum atomic E-state index is -0.451. The van der Waals surface area contributed by atoms with Gasteiger partial charge in [-0.1, -0.05) is 28.8 Å². The van der Waals surface area contributed by atoms with Crippen LogP contribution in [0.15, 0.2) is 18.2 Å². The Hall–Kier alpha value is -1.43. The van der Waals surface area contributed by atoms with Crippen molar-refractivity contribution in [2.45, 2.75) is 32.6 Å². The average molecular weight is 355 g/mol. The van der Waals surface area contributed by atoms with Crippen LogP contribution in [-0.4, -0.2) is 22.7 Å². The smallest absolute Gasteiger partial charge is 0.269 e. The normalized spacial score (nSPS) is 16.7. The molecule has 0 spiro atoms. The van der Waals surface area contributed by atoms with Gasteiger partial charge in [0.05, 0.1) is 4.92 Å². The van der Waals surface area contributed by atoms with Gasteiger partial charge in [0, 0.05) is 29.6 Å². The molecule has 1 aromatic carbocycles. The molecule has 0 aromatic heterocycles. The zero-order valence-corrected chi connectivity index (χ0v) is 13.6. The van der Waals surface area contributed by atoms with Gasteiger partial charge in [-0.05, 0) is 36.8 Å². The van der Waals surface area contributed by atoms with Crippen molar-refractivity contribution in [3.63, 3.8) is 0 Å². The van der Waals surface area contributed by atoms with Gasteiger partial charge in [0.15, 0.2) is 0 Å². The summed E-state index contributed by atoms with van der Waals surface area (Å²) in [4.78, 5) is 22.5. The predicted octanol–water partition coefficient (Wildman–Crippen LogP) is 3.59. The molecule has 1 aromatic rings. The summed E-state index contributed by atoms with van der Waals surface area (Å²) in [6, 6.07) is 4.33. The van der Waals surface area contributed by atoms with E-state index in [9.17, 15) is 14.9 Å². The van der Waals surface area contributed by atoms with Gasteiger partial charge in [-0.25, -0.2) is 0 Å². The molecule has 1 fully saturated rings. The molecule has 0 atom stereocenters. The molecular formula is C15H19BrN2O3. The molecule has 1 saturated carbocycles. The quantitative estimate of drug-likeness (QED) is 0.498. The molecular weight excluding hydrogens is 336 g/mol. The van der Waals surface area contributed by atoms with E-state index in [0.717, 1.165) is 18.2 Å². The third-order valence-corrected chi connectivity index (χ3v) is 5.43. The number of nitro groups is 1. The second-order valence-electron chi connectivity index (χ2n) is 5.78. The van der Waals surface area contributed by atoms with Crippen molar-refractivity contribution in [1.82, 2.24) is 5.32 Å². The molecule has 0 radical (unpaired) electrons. The molecule has 0 unspecified atom stereocenters. The van der Waals surface area contributed by atoms with Gasteiger partial charge >= 0.3 is 0 Å². The zero-order valence-electron chi connectivity index (χ0n) is 12.0.